The highest BCUT2D eigenvalue weighted by Crippen LogP contribution is 2.37. The molecule has 0 bridgehead atoms. The van der Waals surface area contributed by atoms with Gasteiger partial charge >= 0.3 is 0 Å². The van der Waals surface area contributed by atoms with Gasteiger partial charge in [0, 0.05) is 24.8 Å². The second kappa shape index (κ2) is 5.21. The Hall–Kier alpha value is -1.20. The van der Waals surface area contributed by atoms with Crippen LogP contribution in [-0.4, -0.2) is 22.8 Å². The maximum atomic E-state index is 14.0. The van der Waals surface area contributed by atoms with Crippen molar-refractivity contribution in [3.8, 4) is 0 Å². The third kappa shape index (κ3) is 2.42. The molecule has 0 N–H and O–H groups in total. The highest BCUT2D eigenvalue weighted by molar-refractivity contribution is 6.20. The van der Waals surface area contributed by atoms with Crippen LogP contribution in [0.5, 0.6) is 0 Å². The summed E-state index contributed by atoms with van der Waals surface area (Å²) < 4.78 is 35.0. The van der Waals surface area contributed by atoms with E-state index in [0.29, 0.717) is 24.6 Å². The molecule has 114 valence electrons. The van der Waals surface area contributed by atoms with Crippen molar-refractivity contribution in [3.05, 3.63) is 29.6 Å². The number of imidazole rings is 1. The summed E-state index contributed by atoms with van der Waals surface area (Å²) >= 11 is 6.22. The molecule has 1 aliphatic heterocycles. The molecule has 0 saturated carbocycles. The Labute approximate surface area is 126 Å². The van der Waals surface area contributed by atoms with Gasteiger partial charge in [0.25, 0.3) is 0 Å². The number of halogens is 3. The molecule has 21 heavy (non-hydrogen) atoms. The lowest BCUT2D eigenvalue weighted by Gasteiger charge is -2.37. The van der Waals surface area contributed by atoms with Crippen molar-refractivity contribution in [1.29, 1.82) is 0 Å². The van der Waals surface area contributed by atoms with E-state index in [9.17, 15) is 8.78 Å². The van der Waals surface area contributed by atoms with Gasteiger partial charge in [0.15, 0.2) is 5.82 Å². The first-order chi connectivity index (χ1) is 9.92. The van der Waals surface area contributed by atoms with Crippen LogP contribution in [0.15, 0.2) is 12.1 Å². The van der Waals surface area contributed by atoms with Crippen LogP contribution in [-0.2, 0) is 10.3 Å². The molecular weight excluding hydrogens is 298 g/mol. The molecule has 1 aromatic carbocycles. The van der Waals surface area contributed by atoms with Crippen LogP contribution in [0.1, 0.15) is 37.9 Å². The summed E-state index contributed by atoms with van der Waals surface area (Å²) in [7, 11) is 0. The Morgan fingerprint density at radius 2 is 2.00 bits per heavy atom. The van der Waals surface area contributed by atoms with E-state index >= 15 is 0 Å². The average molecular weight is 315 g/mol. The Bertz CT molecular complexity index is 678. The number of ether oxygens (including phenoxy) is 1. The van der Waals surface area contributed by atoms with Crippen molar-refractivity contribution in [2.24, 2.45) is 0 Å². The van der Waals surface area contributed by atoms with Crippen LogP contribution in [0.2, 0.25) is 0 Å². The number of aromatic nitrogens is 2. The smallest absolute Gasteiger partial charge is 0.153 e. The predicted molar refractivity (Wildman–Crippen MR) is 77.6 cm³/mol. The molecule has 0 amide bonds. The topological polar surface area (TPSA) is 27.1 Å². The van der Waals surface area contributed by atoms with Crippen molar-refractivity contribution in [2.75, 3.05) is 13.2 Å². The van der Waals surface area contributed by atoms with Crippen molar-refractivity contribution in [1.82, 2.24) is 9.55 Å². The first-order valence-corrected chi connectivity index (χ1v) is 7.46. The van der Waals surface area contributed by atoms with Crippen molar-refractivity contribution in [2.45, 2.75) is 37.6 Å². The summed E-state index contributed by atoms with van der Waals surface area (Å²) in [5.74, 6) is -0.691. The van der Waals surface area contributed by atoms with Crippen LogP contribution in [0.3, 0.4) is 0 Å². The maximum Gasteiger partial charge on any atom is 0.153 e. The summed E-state index contributed by atoms with van der Waals surface area (Å²) in [6.07, 6.45) is 1.51. The normalized spacial score (nSPS) is 19.9. The van der Waals surface area contributed by atoms with Gasteiger partial charge in [0.1, 0.15) is 17.2 Å². The monoisotopic (exact) mass is 314 g/mol. The van der Waals surface area contributed by atoms with E-state index in [-0.39, 0.29) is 16.4 Å². The van der Waals surface area contributed by atoms with Gasteiger partial charge in [0.2, 0.25) is 0 Å². The van der Waals surface area contributed by atoms with Gasteiger partial charge in [-0.25, -0.2) is 13.8 Å². The molecule has 1 aromatic heterocycles. The Morgan fingerprint density at radius 3 is 2.62 bits per heavy atom. The summed E-state index contributed by atoms with van der Waals surface area (Å²) in [5.41, 5.74) is 0.331. The zero-order chi connectivity index (χ0) is 15.2. The maximum absolute atomic E-state index is 14.0. The fourth-order valence-corrected chi connectivity index (χ4v) is 3.14. The largest absolute Gasteiger partial charge is 0.381 e. The Balaban J connectivity index is 2.30. The molecule has 3 rings (SSSR count). The van der Waals surface area contributed by atoms with Crippen molar-refractivity contribution in [3.63, 3.8) is 0 Å². The van der Waals surface area contributed by atoms with Gasteiger partial charge in [0.05, 0.1) is 10.9 Å². The standard InChI is InChI=1S/C15H17ClF2N2O/c1-9(16)14-19-13-11(18)7-10(17)8-12(13)20(14)15(2)3-5-21-6-4-15/h7-9H,3-6H2,1-2H3. The Morgan fingerprint density at radius 1 is 1.33 bits per heavy atom. The van der Waals surface area contributed by atoms with E-state index in [0.717, 1.165) is 18.9 Å². The van der Waals surface area contributed by atoms with E-state index in [1.807, 2.05) is 4.57 Å². The predicted octanol–water partition coefficient (Wildman–Crippen LogP) is 4.14. The molecule has 1 unspecified atom stereocenters. The second-order valence-electron chi connectivity index (χ2n) is 5.79. The van der Waals surface area contributed by atoms with E-state index < -0.39 is 11.6 Å². The van der Waals surface area contributed by atoms with E-state index in [1.165, 1.54) is 6.07 Å². The molecular formula is C15H17ClF2N2O. The fraction of sp³-hybridized carbons (Fsp3) is 0.533. The van der Waals surface area contributed by atoms with Gasteiger partial charge in [-0.15, -0.1) is 11.6 Å². The van der Waals surface area contributed by atoms with E-state index in [4.69, 9.17) is 16.3 Å². The molecule has 6 heteroatoms. The minimum Gasteiger partial charge on any atom is -0.381 e. The molecule has 0 aliphatic carbocycles. The highest BCUT2D eigenvalue weighted by Gasteiger charge is 2.34. The van der Waals surface area contributed by atoms with E-state index in [2.05, 4.69) is 11.9 Å². The summed E-state index contributed by atoms with van der Waals surface area (Å²) in [4.78, 5) is 4.32. The lowest BCUT2D eigenvalue weighted by molar-refractivity contribution is 0.0300. The van der Waals surface area contributed by atoms with Crippen LogP contribution in [0.4, 0.5) is 8.78 Å². The first-order valence-electron chi connectivity index (χ1n) is 7.02. The first kappa shape index (κ1) is 14.7. The number of hydrogen-bond donors (Lipinski definition) is 0. The molecule has 1 fully saturated rings. The number of benzene rings is 1. The van der Waals surface area contributed by atoms with Crippen LogP contribution in [0, 0.1) is 11.6 Å². The zero-order valence-corrected chi connectivity index (χ0v) is 12.8. The molecule has 2 aromatic rings. The van der Waals surface area contributed by atoms with Crippen LogP contribution in [0.25, 0.3) is 11.0 Å². The van der Waals surface area contributed by atoms with Gasteiger partial charge < -0.3 is 9.30 Å². The van der Waals surface area contributed by atoms with Gasteiger partial charge in [-0.3, -0.25) is 0 Å². The van der Waals surface area contributed by atoms with Gasteiger partial charge in [-0.05, 0) is 32.8 Å². The van der Waals surface area contributed by atoms with Gasteiger partial charge in [-0.1, -0.05) is 0 Å². The van der Waals surface area contributed by atoms with E-state index in [1.54, 1.807) is 6.92 Å². The number of alkyl halides is 1. The minimum absolute atomic E-state index is 0.173. The SMILES string of the molecule is CC(Cl)c1nc2c(F)cc(F)cc2n1C1(C)CCOCC1. The minimum atomic E-state index is -0.655. The molecule has 0 radical (unpaired) electrons. The number of rotatable bonds is 2. The Kier molecular flexibility index (Phi) is 3.66. The third-order valence-corrected chi connectivity index (χ3v) is 4.37. The molecule has 2 heterocycles. The van der Waals surface area contributed by atoms with Crippen LogP contribution >= 0.6 is 11.6 Å². The number of hydrogen-bond acceptors (Lipinski definition) is 2. The third-order valence-electron chi connectivity index (χ3n) is 4.17. The average Bonchev–Trinajstić information content (AvgIpc) is 2.80. The van der Waals surface area contributed by atoms with Crippen LogP contribution < -0.4 is 0 Å². The van der Waals surface area contributed by atoms with Crippen molar-refractivity contribution >= 4 is 22.6 Å². The molecule has 1 aliphatic rings. The fourth-order valence-electron chi connectivity index (χ4n) is 2.99. The quantitative estimate of drug-likeness (QED) is 0.779. The van der Waals surface area contributed by atoms with Gasteiger partial charge in [-0.2, -0.15) is 0 Å². The lowest BCUT2D eigenvalue weighted by atomic mass is 9.91. The van der Waals surface area contributed by atoms with Crippen molar-refractivity contribution < 1.29 is 13.5 Å². The molecule has 0 spiro atoms. The molecule has 3 nitrogen and oxygen atoms in total. The summed E-state index contributed by atoms with van der Waals surface area (Å²) in [6, 6.07) is 2.18. The summed E-state index contributed by atoms with van der Waals surface area (Å²) in [5, 5.41) is -0.389. The lowest BCUT2D eigenvalue weighted by Crippen LogP contribution is -2.37. The number of nitrogens with zero attached hydrogens (tertiary/aromatic N) is 2. The second-order valence-corrected chi connectivity index (χ2v) is 6.44. The zero-order valence-electron chi connectivity index (χ0n) is 12.0. The highest BCUT2D eigenvalue weighted by atomic mass is 35.5. The molecule has 1 atom stereocenters. The molecule has 1 saturated heterocycles. The number of fused-ring (bicyclic) bond motifs is 1. The summed E-state index contributed by atoms with van der Waals surface area (Å²) in [6.45, 7) is 5.08.